The van der Waals surface area contributed by atoms with E-state index in [9.17, 15) is 14.4 Å². The fourth-order valence-electron chi connectivity index (χ4n) is 2.08. The van der Waals surface area contributed by atoms with Gasteiger partial charge < -0.3 is 15.7 Å². The molecule has 3 N–H and O–H groups in total. The first-order chi connectivity index (χ1) is 11.2. The van der Waals surface area contributed by atoms with Crippen LogP contribution in [0, 0.1) is 0 Å². The highest BCUT2D eigenvalue weighted by molar-refractivity contribution is 6.30. The summed E-state index contributed by atoms with van der Waals surface area (Å²) >= 11 is 5.76. The van der Waals surface area contributed by atoms with E-state index in [2.05, 4.69) is 10.6 Å². The molecule has 0 bridgehead atoms. The van der Waals surface area contributed by atoms with Crippen molar-refractivity contribution < 1.29 is 19.5 Å². The summed E-state index contributed by atoms with van der Waals surface area (Å²) in [5.41, 5.74) is -0.0548. The van der Waals surface area contributed by atoms with E-state index in [-0.39, 0.29) is 24.7 Å². The largest absolute Gasteiger partial charge is 0.481 e. The van der Waals surface area contributed by atoms with Crippen molar-refractivity contribution in [2.75, 3.05) is 6.54 Å². The highest BCUT2D eigenvalue weighted by atomic mass is 35.5. The second-order valence-electron chi connectivity index (χ2n) is 6.19. The molecular weight excluding hydrogens is 332 g/mol. The van der Waals surface area contributed by atoms with E-state index in [0.717, 1.165) is 0 Å². The number of amides is 2. The molecule has 0 aliphatic rings. The molecule has 0 saturated heterocycles. The molecule has 7 heteroatoms. The topological polar surface area (TPSA) is 95.5 Å². The monoisotopic (exact) mass is 354 g/mol. The summed E-state index contributed by atoms with van der Waals surface area (Å²) in [7, 11) is 0. The number of halogens is 1. The number of aliphatic carboxylic acids is 1. The lowest BCUT2D eigenvalue weighted by Crippen LogP contribution is -2.43. The molecule has 0 unspecified atom stereocenters. The molecule has 0 saturated carbocycles. The van der Waals surface area contributed by atoms with Crippen LogP contribution in [0.4, 0.5) is 0 Å². The van der Waals surface area contributed by atoms with Gasteiger partial charge in [-0.1, -0.05) is 11.6 Å². The molecule has 0 radical (unpaired) electrons. The predicted molar refractivity (Wildman–Crippen MR) is 92.1 cm³/mol. The van der Waals surface area contributed by atoms with E-state index in [1.165, 1.54) is 0 Å². The minimum absolute atomic E-state index is 0.00439. The maximum atomic E-state index is 11.9. The normalized spacial score (nSPS) is 11.0. The molecule has 2 amide bonds. The zero-order chi connectivity index (χ0) is 18.2. The molecule has 1 aromatic rings. The Morgan fingerprint density at radius 3 is 2.33 bits per heavy atom. The molecule has 24 heavy (non-hydrogen) atoms. The molecular formula is C17H23ClN2O4. The summed E-state index contributed by atoms with van der Waals surface area (Å²) in [5, 5.41) is 14.8. The minimum Gasteiger partial charge on any atom is -0.481 e. The molecule has 1 rings (SSSR count). The molecule has 0 aromatic heterocycles. The fourth-order valence-corrected chi connectivity index (χ4v) is 2.20. The van der Waals surface area contributed by atoms with Crippen molar-refractivity contribution in [3.05, 3.63) is 34.9 Å². The third-order valence-electron chi connectivity index (χ3n) is 3.41. The Morgan fingerprint density at radius 1 is 1.12 bits per heavy atom. The molecule has 0 fully saturated rings. The Bertz CT molecular complexity index is 585. The van der Waals surface area contributed by atoms with E-state index in [1.807, 2.05) is 0 Å². The maximum absolute atomic E-state index is 11.9. The molecule has 0 heterocycles. The highest BCUT2D eigenvalue weighted by Crippen LogP contribution is 2.12. The van der Waals surface area contributed by atoms with Gasteiger partial charge in [-0.05, 0) is 51.0 Å². The lowest BCUT2D eigenvalue weighted by molar-refractivity contribution is -0.137. The number of carbonyl (C=O) groups excluding carboxylic acids is 2. The van der Waals surface area contributed by atoms with E-state index in [4.69, 9.17) is 16.7 Å². The molecule has 0 aliphatic carbocycles. The molecule has 132 valence electrons. The van der Waals surface area contributed by atoms with Crippen molar-refractivity contribution in [3.8, 4) is 0 Å². The van der Waals surface area contributed by atoms with Crippen LogP contribution in [0.3, 0.4) is 0 Å². The third-order valence-corrected chi connectivity index (χ3v) is 3.67. The van der Waals surface area contributed by atoms with Crippen LogP contribution in [0.15, 0.2) is 24.3 Å². The number of nitrogens with one attached hydrogen (secondary N) is 2. The highest BCUT2D eigenvalue weighted by Gasteiger charge is 2.21. The Hall–Kier alpha value is -2.08. The first-order valence-corrected chi connectivity index (χ1v) is 8.14. The Labute approximate surface area is 146 Å². The van der Waals surface area contributed by atoms with Crippen molar-refractivity contribution in [1.82, 2.24) is 10.6 Å². The van der Waals surface area contributed by atoms with E-state index in [1.54, 1.807) is 38.1 Å². The van der Waals surface area contributed by atoms with E-state index in [0.29, 0.717) is 30.0 Å². The Morgan fingerprint density at radius 2 is 1.75 bits per heavy atom. The van der Waals surface area contributed by atoms with Gasteiger partial charge in [0.05, 0.1) is 0 Å². The number of carboxylic acids is 1. The first-order valence-electron chi connectivity index (χ1n) is 7.76. The van der Waals surface area contributed by atoms with Crippen molar-refractivity contribution in [3.63, 3.8) is 0 Å². The third kappa shape index (κ3) is 7.97. The Kier molecular flexibility index (Phi) is 7.71. The average Bonchev–Trinajstić information content (AvgIpc) is 2.50. The van der Waals surface area contributed by atoms with Gasteiger partial charge in [0.1, 0.15) is 0 Å². The second kappa shape index (κ2) is 9.27. The second-order valence-corrected chi connectivity index (χ2v) is 6.63. The summed E-state index contributed by atoms with van der Waals surface area (Å²) in [4.78, 5) is 34.3. The molecule has 1 aromatic carbocycles. The lowest BCUT2D eigenvalue weighted by atomic mass is 9.98. The van der Waals surface area contributed by atoms with Gasteiger partial charge in [0.2, 0.25) is 5.91 Å². The number of rotatable bonds is 9. The van der Waals surface area contributed by atoms with Crippen molar-refractivity contribution in [2.45, 2.75) is 45.1 Å². The van der Waals surface area contributed by atoms with Gasteiger partial charge in [0, 0.05) is 35.5 Å². The van der Waals surface area contributed by atoms with Gasteiger partial charge in [0.15, 0.2) is 0 Å². The van der Waals surface area contributed by atoms with Gasteiger partial charge >= 0.3 is 5.97 Å². The van der Waals surface area contributed by atoms with Crippen LogP contribution in [-0.4, -0.2) is 35.0 Å². The summed E-state index contributed by atoms with van der Waals surface area (Å²) in [6, 6.07) is 6.55. The van der Waals surface area contributed by atoms with Crippen molar-refractivity contribution >= 4 is 29.4 Å². The van der Waals surface area contributed by atoms with Crippen LogP contribution >= 0.6 is 11.6 Å². The minimum atomic E-state index is -0.887. The quantitative estimate of drug-likeness (QED) is 0.594. The molecule has 6 nitrogen and oxygen atoms in total. The Balaban J connectivity index is 2.26. The average molecular weight is 355 g/mol. The first kappa shape index (κ1) is 20.0. The van der Waals surface area contributed by atoms with Gasteiger partial charge in [-0.2, -0.15) is 0 Å². The van der Waals surface area contributed by atoms with Gasteiger partial charge in [-0.15, -0.1) is 0 Å². The number of carboxylic acid groups (broad SMARTS) is 1. The molecule has 0 aliphatic heterocycles. The van der Waals surface area contributed by atoms with Gasteiger partial charge in [0.25, 0.3) is 5.91 Å². The summed E-state index contributed by atoms with van der Waals surface area (Å²) in [6.07, 6.45) is 1.13. The van der Waals surface area contributed by atoms with Crippen LogP contribution in [0.5, 0.6) is 0 Å². The number of benzene rings is 1. The zero-order valence-corrected chi connectivity index (χ0v) is 14.7. The van der Waals surface area contributed by atoms with Crippen molar-refractivity contribution in [2.24, 2.45) is 0 Å². The maximum Gasteiger partial charge on any atom is 0.303 e. The molecule has 0 spiro atoms. The summed E-state index contributed by atoms with van der Waals surface area (Å²) in [5.74, 6) is -1.26. The van der Waals surface area contributed by atoms with Crippen LogP contribution < -0.4 is 10.6 Å². The van der Waals surface area contributed by atoms with E-state index < -0.39 is 11.5 Å². The predicted octanol–water partition coefficient (Wildman–Crippen LogP) is 2.61. The SMILES string of the molecule is CC(C)(CCC(=O)O)NC(=O)CCCNC(=O)c1ccc(Cl)cc1. The smallest absolute Gasteiger partial charge is 0.303 e. The number of hydrogen-bond donors (Lipinski definition) is 3. The van der Waals surface area contributed by atoms with Crippen molar-refractivity contribution in [1.29, 1.82) is 0 Å². The summed E-state index contributed by atoms with van der Waals surface area (Å²) in [6.45, 7) is 3.96. The lowest BCUT2D eigenvalue weighted by Gasteiger charge is -2.25. The van der Waals surface area contributed by atoms with Crippen LogP contribution in [0.2, 0.25) is 5.02 Å². The van der Waals surface area contributed by atoms with Gasteiger partial charge in [-0.3, -0.25) is 14.4 Å². The van der Waals surface area contributed by atoms with Gasteiger partial charge in [-0.25, -0.2) is 0 Å². The van der Waals surface area contributed by atoms with Crippen LogP contribution in [-0.2, 0) is 9.59 Å². The van der Waals surface area contributed by atoms with E-state index >= 15 is 0 Å². The zero-order valence-electron chi connectivity index (χ0n) is 13.9. The fraction of sp³-hybridized carbons (Fsp3) is 0.471. The van der Waals surface area contributed by atoms with Crippen LogP contribution in [0.1, 0.15) is 49.9 Å². The number of carbonyl (C=O) groups is 3. The standard InChI is InChI=1S/C17H23ClN2O4/c1-17(2,10-9-15(22)23)20-14(21)4-3-11-19-16(24)12-5-7-13(18)8-6-12/h5-8H,3-4,9-11H2,1-2H3,(H,19,24)(H,20,21)(H,22,23). The molecule has 0 atom stereocenters. The van der Waals surface area contributed by atoms with Crippen LogP contribution in [0.25, 0.3) is 0 Å². The number of hydrogen-bond acceptors (Lipinski definition) is 3. The summed E-state index contributed by atoms with van der Waals surface area (Å²) < 4.78 is 0.